The fraction of sp³-hybridized carbons (Fsp3) is 0.240. The van der Waals surface area contributed by atoms with Gasteiger partial charge in [-0.15, -0.1) is 0 Å². The monoisotopic (exact) mass is 436 g/mol. The van der Waals surface area contributed by atoms with Crippen LogP contribution in [0.1, 0.15) is 46.4 Å². The minimum atomic E-state index is -3.71. The van der Waals surface area contributed by atoms with E-state index in [0.717, 1.165) is 17.5 Å². The Morgan fingerprint density at radius 1 is 0.968 bits per heavy atom. The Balaban J connectivity index is 1.84. The van der Waals surface area contributed by atoms with E-state index in [9.17, 15) is 13.2 Å². The second-order valence-corrected chi connectivity index (χ2v) is 9.60. The first-order valence-corrected chi connectivity index (χ1v) is 11.7. The van der Waals surface area contributed by atoms with Gasteiger partial charge in [-0.25, -0.2) is 8.42 Å². The van der Waals surface area contributed by atoms with Crippen LogP contribution >= 0.6 is 0 Å². The van der Waals surface area contributed by atoms with Crippen LogP contribution < -0.4 is 9.62 Å². The Labute approximate surface area is 184 Å². The third kappa shape index (κ3) is 4.97. The fourth-order valence-corrected chi connectivity index (χ4v) is 4.80. The van der Waals surface area contributed by atoms with Gasteiger partial charge in [0.2, 0.25) is 0 Å². The van der Waals surface area contributed by atoms with Gasteiger partial charge in [-0.1, -0.05) is 55.0 Å². The smallest absolute Gasteiger partial charge is 0.264 e. The molecule has 0 aliphatic carbocycles. The Kier molecular flexibility index (Phi) is 6.81. The molecule has 3 aromatic carbocycles. The summed E-state index contributed by atoms with van der Waals surface area (Å²) in [5.74, 6) is -0.237. The SMILES string of the molecule is CC[C@H](NC(=O)c1cccc(N(C)S(=O)(=O)c2ccccc2)c1)c1ccc(C)cc1C. The summed E-state index contributed by atoms with van der Waals surface area (Å²) in [7, 11) is -2.22. The highest BCUT2D eigenvalue weighted by molar-refractivity contribution is 7.92. The first kappa shape index (κ1) is 22.6. The van der Waals surface area contributed by atoms with Crippen LogP contribution in [0.15, 0.2) is 77.7 Å². The van der Waals surface area contributed by atoms with E-state index in [4.69, 9.17) is 0 Å². The molecule has 0 aliphatic rings. The lowest BCUT2D eigenvalue weighted by Crippen LogP contribution is -2.29. The zero-order valence-electron chi connectivity index (χ0n) is 18.3. The molecule has 0 unspecified atom stereocenters. The highest BCUT2D eigenvalue weighted by atomic mass is 32.2. The molecule has 0 fully saturated rings. The summed E-state index contributed by atoms with van der Waals surface area (Å²) in [6, 6.07) is 21.0. The third-order valence-corrected chi connectivity index (χ3v) is 7.19. The van der Waals surface area contributed by atoms with Crippen molar-refractivity contribution in [2.45, 2.75) is 38.1 Å². The van der Waals surface area contributed by atoms with Crippen molar-refractivity contribution < 1.29 is 13.2 Å². The quantitative estimate of drug-likeness (QED) is 0.566. The van der Waals surface area contributed by atoms with Crippen LogP contribution in [0.3, 0.4) is 0 Å². The van der Waals surface area contributed by atoms with Crippen molar-refractivity contribution in [2.24, 2.45) is 0 Å². The van der Waals surface area contributed by atoms with Crippen LogP contribution in [-0.2, 0) is 10.0 Å². The fourth-order valence-electron chi connectivity index (χ4n) is 3.59. The van der Waals surface area contributed by atoms with E-state index in [2.05, 4.69) is 17.4 Å². The molecule has 1 atom stereocenters. The van der Waals surface area contributed by atoms with Crippen molar-refractivity contribution in [1.29, 1.82) is 0 Å². The van der Waals surface area contributed by atoms with Crippen molar-refractivity contribution in [2.75, 3.05) is 11.4 Å². The Morgan fingerprint density at radius 2 is 1.68 bits per heavy atom. The molecule has 0 saturated carbocycles. The predicted molar refractivity (Wildman–Crippen MR) is 125 cm³/mol. The number of carbonyl (C=O) groups is 1. The summed E-state index contributed by atoms with van der Waals surface area (Å²) >= 11 is 0. The maximum absolute atomic E-state index is 13.0. The molecular weight excluding hydrogens is 408 g/mol. The first-order valence-electron chi connectivity index (χ1n) is 10.3. The molecule has 6 heteroatoms. The van der Waals surface area contributed by atoms with Gasteiger partial charge in [0, 0.05) is 12.6 Å². The van der Waals surface area contributed by atoms with Crippen molar-refractivity contribution >= 4 is 21.6 Å². The zero-order chi connectivity index (χ0) is 22.6. The number of aryl methyl sites for hydroxylation is 2. The van der Waals surface area contributed by atoms with E-state index >= 15 is 0 Å². The average Bonchev–Trinajstić information content (AvgIpc) is 2.78. The molecular formula is C25H28N2O3S. The van der Waals surface area contributed by atoms with E-state index in [1.165, 1.54) is 16.9 Å². The minimum absolute atomic E-state index is 0.123. The van der Waals surface area contributed by atoms with Crippen molar-refractivity contribution in [3.63, 3.8) is 0 Å². The van der Waals surface area contributed by atoms with E-state index in [1.807, 2.05) is 26.8 Å². The Bertz CT molecular complexity index is 1170. The standard InChI is InChI=1S/C25H28N2O3S/c1-5-24(23-15-14-18(2)16-19(23)3)26-25(28)20-10-9-11-21(17-20)27(4)31(29,30)22-12-7-6-8-13-22/h6-17,24H,5H2,1-4H3,(H,26,28)/t24-/m0/s1. The third-order valence-electron chi connectivity index (χ3n) is 5.39. The number of sulfonamides is 1. The van der Waals surface area contributed by atoms with Crippen LogP contribution in [0.2, 0.25) is 0 Å². The van der Waals surface area contributed by atoms with Gasteiger partial charge < -0.3 is 5.32 Å². The summed E-state index contributed by atoms with van der Waals surface area (Å²) in [4.78, 5) is 13.2. The normalized spacial score (nSPS) is 12.3. The van der Waals surface area contributed by atoms with Crippen LogP contribution in [0.4, 0.5) is 5.69 Å². The van der Waals surface area contributed by atoms with Gasteiger partial charge in [0.05, 0.1) is 16.6 Å². The lowest BCUT2D eigenvalue weighted by Gasteiger charge is -2.22. The topological polar surface area (TPSA) is 66.5 Å². The van der Waals surface area contributed by atoms with Gasteiger partial charge in [-0.05, 0) is 61.7 Å². The minimum Gasteiger partial charge on any atom is -0.345 e. The summed E-state index contributed by atoms with van der Waals surface area (Å²) in [5, 5.41) is 3.09. The molecule has 31 heavy (non-hydrogen) atoms. The van der Waals surface area contributed by atoms with E-state index < -0.39 is 10.0 Å². The highest BCUT2D eigenvalue weighted by Crippen LogP contribution is 2.25. The van der Waals surface area contributed by atoms with E-state index in [0.29, 0.717) is 11.3 Å². The van der Waals surface area contributed by atoms with Crippen LogP contribution in [0.5, 0.6) is 0 Å². The molecule has 0 spiro atoms. The first-order chi connectivity index (χ1) is 14.7. The Morgan fingerprint density at radius 3 is 2.32 bits per heavy atom. The molecule has 1 N–H and O–H groups in total. The Hall–Kier alpha value is -3.12. The lowest BCUT2D eigenvalue weighted by molar-refractivity contribution is 0.0935. The summed E-state index contributed by atoms with van der Waals surface area (Å²) in [5.41, 5.74) is 4.24. The number of carbonyl (C=O) groups excluding carboxylic acids is 1. The van der Waals surface area contributed by atoms with Crippen molar-refractivity contribution in [3.8, 4) is 0 Å². The maximum atomic E-state index is 13.0. The van der Waals surface area contributed by atoms with Gasteiger partial charge in [0.25, 0.3) is 15.9 Å². The number of nitrogens with one attached hydrogen (secondary N) is 1. The van der Waals surface area contributed by atoms with Gasteiger partial charge >= 0.3 is 0 Å². The number of hydrogen-bond donors (Lipinski definition) is 1. The highest BCUT2D eigenvalue weighted by Gasteiger charge is 2.22. The summed E-state index contributed by atoms with van der Waals surface area (Å²) < 4.78 is 27.0. The largest absolute Gasteiger partial charge is 0.345 e. The second-order valence-electron chi connectivity index (χ2n) is 7.63. The van der Waals surface area contributed by atoms with Crippen LogP contribution in [0, 0.1) is 13.8 Å². The molecule has 3 aromatic rings. The predicted octanol–water partition coefficient (Wildman–Crippen LogP) is 5.01. The molecule has 5 nitrogen and oxygen atoms in total. The van der Waals surface area contributed by atoms with Gasteiger partial charge in [-0.2, -0.15) is 0 Å². The molecule has 0 radical (unpaired) electrons. The zero-order valence-corrected chi connectivity index (χ0v) is 19.1. The van der Waals surface area contributed by atoms with E-state index in [1.54, 1.807) is 54.6 Å². The van der Waals surface area contributed by atoms with Gasteiger partial charge in [0.15, 0.2) is 0 Å². The average molecular weight is 437 g/mol. The van der Waals surface area contributed by atoms with Crippen LogP contribution in [0.25, 0.3) is 0 Å². The molecule has 3 rings (SSSR count). The number of nitrogens with zero attached hydrogens (tertiary/aromatic N) is 1. The molecule has 0 aromatic heterocycles. The molecule has 0 aliphatic heterocycles. The van der Waals surface area contributed by atoms with Crippen LogP contribution in [-0.4, -0.2) is 21.4 Å². The van der Waals surface area contributed by atoms with Gasteiger partial charge in [0.1, 0.15) is 0 Å². The molecule has 0 heterocycles. The van der Waals surface area contributed by atoms with Gasteiger partial charge in [-0.3, -0.25) is 9.10 Å². The summed E-state index contributed by atoms with van der Waals surface area (Å²) in [6.07, 6.45) is 0.748. The number of benzene rings is 3. The summed E-state index contributed by atoms with van der Waals surface area (Å²) in [6.45, 7) is 6.11. The molecule has 0 saturated heterocycles. The van der Waals surface area contributed by atoms with E-state index in [-0.39, 0.29) is 16.8 Å². The molecule has 162 valence electrons. The number of amides is 1. The van der Waals surface area contributed by atoms with Crippen molar-refractivity contribution in [3.05, 3.63) is 95.1 Å². The number of hydrogen-bond acceptors (Lipinski definition) is 3. The second kappa shape index (κ2) is 9.35. The van der Waals surface area contributed by atoms with Crippen molar-refractivity contribution in [1.82, 2.24) is 5.32 Å². The molecule has 1 amide bonds. The number of anilines is 1. The molecule has 0 bridgehead atoms. The lowest BCUT2D eigenvalue weighted by atomic mass is 9.97. The number of rotatable bonds is 7. The maximum Gasteiger partial charge on any atom is 0.264 e.